The highest BCUT2D eigenvalue weighted by Crippen LogP contribution is 1.84. The summed E-state index contributed by atoms with van der Waals surface area (Å²) in [6.45, 7) is 2.93. The van der Waals surface area contributed by atoms with Gasteiger partial charge in [0.1, 0.15) is 0 Å². The quantitative estimate of drug-likeness (QED) is 0.275. The average Bonchev–Trinajstić information content (AvgIpc) is 2.37. The molecule has 0 rings (SSSR count). The predicted octanol–water partition coefficient (Wildman–Crippen LogP) is -1.72. The van der Waals surface area contributed by atoms with E-state index in [4.69, 9.17) is 11.5 Å². The van der Waals surface area contributed by atoms with Gasteiger partial charge in [0.25, 0.3) is 0 Å². The smallest absolute Gasteiger partial charge is 0.314 e. The van der Waals surface area contributed by atoms with Crippen LogP contribution in [0, 0.1) is 0 Å². The van der Waals surface area contributed by atoms with Crippen molar-refractivity contribution in [3.8, 4) is 0 Å². The van der Waals surface area contributed by atoms with Crippen molar-refractivity contribution in [2.75, 3.05) is 39.3 Å². The first-order valence-electron chi connectivity index (χ1n) is 6.14. The second-order valence-electron chi connectivity index (χ2n) is 3.65. The third-order valence-electron chi connectivity index (χ3n) is 2.03. The Morgan fingerprint density at radius 2 is 1.00 bits per heavy atom. The van der Waals surface area contributed by atoms with E-state index in [0.29, 0.717) is 39.3 Å². The van der Waals surface area contributed by atoms with E-state index in [-0.39, 0.29) is 12.1 Å². The van der Waals surface area contributed by atoms with Gasteiger partial charge in [-0.3, -0.25) is 0 Å². The Kier molecular flexibility index (Phi) is 10.9. The van der Waals surface area contributed by atoms with Gasteiger partial charge < -0.3 is 32.7 Å². The van der Waals surface area contributed by atoms with Gasteiger partial charge in [-0.05, 0) is 12.8 Å². The maximum Gasteiger partial charge on any atom is 0.314 e. The molecule has 0 atom stereocenters. The number of carbonyl (C=O) groups is 2. The number of carbonyl (C=O) groups excluding carboxylic acids is 2. The molecule has 18 heavy (non-hydrogen) atoms. The van der Waals surface area contributed by atoms with Crippen LogP contribution in [0.25, 0.3) is 0 Å². The van der Waals surface area contributed by atoms with E-state index < -0.39 is 0 Å². The third-order valence-corrected chi connectivity index (χ3v) is 2.03. The summed E-state index contributed by atoms with van der Waals surface area (Å²) < 4.78 is 0. The van der Waals surface area contributed by atoms with Crippen LogP contribution in [0.1, 0.15) is 12.8 Å². The molecule has 0 fully saturated rings. The molecule has 0 radical (unpaired) electrons. The molecule has 0 bridgehead atoms. The molecular weight excluding hydrogens is 236 g/mol. The Balaban J connectivity index is 3.25. The second-order valence-corrected chi connectivity index (χ2v) is 3.65. The van der Waals surface area contributed by atoms with Crippen LogP contribution in [0.3, 0.4) is 0 Å². The largest absolute Gasteiger partial charge is 0.338 e. The molecule has 0 aromatic heterocycles. The monoisotopic (exact) mass is 260 g/mol. The standard InChI is InChI=1S/C10H24N6O2/c11-3-7-15-9(17)13-5-1-2-6-14-10(18)16-8-4-12/h1-8,11-12H2,(H2,13,15,17)(H2,14,16,18). The van der Waals surface area contributed by atoms with Crippen molar-refractivity contribution in [1.29, 1.82) is 0 Å². The lowest BCUT2D eigenvalue weighted by Crippen LogP contribution is -2.39. The van der Waals surface area contributed by atoms with E-state index in [2.05, 4.69) is 21.3 Å². The number of hydrogen-bond donors (Lipinski definition) is 6. The van der Waals surface area contributed by atoms with Gasteiger partial charge in [0.15, 0.2) is 0 Å². The Hall–Kier alpha value is -1.54. The average molecular weight is 260 g/mol. The SMILES string of the molecule is NCCNC(=O)NCCCCNC(=O)NCCN. The summed E-state index contributed by atoms with van der Waals surface area (Å²) in [5.41, 5.74) is 10.5. The lowest BCUT2D eigenvalue weighted by molar-refractivity contribution is 0.239. The second kappa shape index (κ2) is 11.9. The van der Waals surface area contributed by atoms with Gasteiger partial charge in [-0.1, -0.05) is 0 Å². The first-order valence-corrected chi connectivity index (χ1v) is 6.14. The Labute approximate surface area is 107 Å². The van der Waals surface area contributed by atoms with Crippen molar-refractivity contribution in [2.45, 2.75) is 12.8 Å². The fourth-order valence-corrected chi connectivity index (χ4v) is 1.15. The minimum Gasteiger partial charge on any atom is -0.338 e. The summed E-state index contributed by atoms with van der Waals surface area (Å²) in [6.07, 6.45) is 1.60. The number of urea groups is 2. The van der Waals surface area contributed by atoms with Crippen LogP contribution in [-0.4, -0.2) is 51.3 Å². The van der Waals surface area contributed by atoms with Gasteiger partial charge in [-0.2, -0.15) is 0 Å². The predicted molar refractivity (Wildman–Crippen MR) is 70.1 cm³/mol. The molecule has 8 nitrogen and oxygen atoms in total. The third kappa shape index (κ3) is 11.0. The Morgan fingerprint density at radius 1 is 0.667 bits per heavy atom. The molecule has 0 saturated carbocycles. The van der Waals surface area contributed by atoms with Crippen LogP contribution in [-0.2, 0) is 0 Å². The zero-order chi connectivity index (χ0) is 13.6. The molecule has 0 saturated heterocycles. The van der Waals surface area contributed by atoms with E-state index in [1.165, 1.54) is 0 Å². The van der Waals surface area contributed by atoms with Crippen molar-refractivity contribution in [1.82, 2.24) is 21.3 Å². The van der Waals surface area contributed by atoms with Crippen LogP contribution in [0.4, 0.5) is 9.59 Å². The molecule has 8 N–H and O–H groups in total. The summed E-state index contributed by atoms with van der Waals surface area (Å²) in [6, 6.07) is -0.428. The maximum absolute atomic E-state index is 11.1. The Bertz CT molecular complexity index is 212. The number of amides is 4. The van der Waals surface area contributed by atoms with Crippen LogP contribution in [0.15, 0.2) is 0 Å². The van der Waals surface area contributed by atoms with Crippen LogP contribution in [0.2, 0.25) is 0 Å². The van der Waals surface area contributed by atoms with Crippen molar-refractivity contribution < 1.29 is 9.59 Å². The molecule has 0 spiro atoms. The summed E-state index contributed by atoms with van der Waals surface area (Å²) in [4.78, 5) is 22.2. The van der Waals surface area contributed by atoms with Gasteiger partial charge in [-0.25, -0.2) is 9.59 Å². The van der Waals surface area contributed by atoms with Crippen LogP contribution < -0.4 is 32.7 Å². The van der Waals surface area contributed by atoms with Crippen molar-refractivity contribution in [2.24, 2.45) is 11.5 Å². The molecule has 0 aromatic rings. The van der Waals surface area contributed by atoms with Crippen molar-refractivity contribution >= 4 is 12.1 Å². The maximum atomic E-state index is 11.1. The highest BCUT2D eigenvalue weighted by molar-refractivity contribution is 5.74. The summed E-state index contributed by atoms with van der Waals surface area (Å²) in [5.74, 6) is 0. The fourth-order valence-electron chi connectivity index (χ4n) is 1.15. The Morgan fingerprint density at radius 3 is 1.33 bits per heavy atom. The molecule has 0 unspecified atom stereocenters. The molecule has 106 valence electrons. The van der Waals surface area contributed by atoms with E-state index in [9.17, 15) is 9.59 Å². The number of rotatable bonds is 9. The van der Waals surface area contributed by atoms with E-state index in [1.54, 1.807) is 0 Å². The minimum absolute atomic E-state index is 0.214. The van der Waals surface area contributed by atoms with E-state index in [1.807, 2.05) is 0 Å². The number of hydrogen-bond acceptors (Lipinski definition) is 4. The highest BCUT2D eigenvalue weighted by atomic mass is 16.2. The van der Waals surface area contributed by atoms with Crippen LogP contribution >= 0.6 is 0 Å². The van der Waals surface area contributed by atoms with E-state index in [0.717, 1.165) is 12.8 Å². The summed E-state index contributed by atoms with van der Waals surface area (Å²) >= 11 is 0. The fraction of sp³-hybridized carbons (Fsp3) is 0.800. The number of unbranched alkanes of at least 4 members (excludes halogenated alkanes) is 1. The van der Waals surface area contributed by atoms with Crippen molar-refractivity contribution in [3.63, 3.8) is 0 Å². The number of nitrogens with two attached hydrogens (primary N) is 2. The molecule has 0 heterocycles. The minimum atomic E-state index is -0.214. The molecule has 0 aliphatic carbocycles. The molecule has 0 aliphatic heterocycles. The van der Waals surface area contributed by atoms with Crippen LogP contribution in [0.5, 0.6) is 0 Å². The zero-order valence-corrected chi connectivity index (χ0v) is 10.6. The van der Waals surface area contributed by atoms with Gasteiger partial charge in [0.05, 0.1) is 0 Å². The van der Waals surface area contributed by atoms with Crippen molar-refractivity contribution in [3.05, 3.63) is 0 Å². The summed E-state index contributed by atoms with van der Waals surface area (Å²) in [5, 5.41) is 10.6. The lowest BCUT2D eigenvalue weighted by Gasteiger charge is -2.08. The lowest BCUT2D eigenvalue weighted by atomic mass is 10.3. The normalized spacial score (nSPS) is 9.67. The van der Waals surface area contributed by atoms with E-state index >= 15 is 0 Å². The molecule has 8 heteroatoms. The summed E-state index contributed by atoms with van der Waals surface area (Å²) in [7, 11) is 0. The first kappa shape index (κ1) is 16.5. The first-order chi connectivity index (χ1) is 8.70. The number of nitrogens with one attached hydrogen (secondary N) is 4. The highest BCUT2D eigenvalue weighted by Gasteiger charge is 1.99. The molecular formula is C10H24N6O2. The molecule has 0 aromatic carbocycles. The zero-order valence-electron chi connectivity index (χ0n) is 10.6. The topological polar surface area (TPSA) is 134 Å². The van der Waals surface area contributed by atoms with Gasteiger partial charge >= 0.3 is 12.1 Å². The molecule has 4 amide bonds. The van der Waals surface area contributed by atoms with Gasteiger partial charge in [0, 0.05) is 39.3 Å². The molecule has 0 aliphatic rings. The van der Waals surface area contributed by atoms with Gasteiger partial charge in [-0.15, -0.1) is 0 Å². The van der Waals surface area contributed by atoms with Gasteiger partial charge in [0.2, 0.25) is 0 Å².